The van der Waals surface area contributed by atoms with Crippen LogP contribution in [0.2, 0.25) is 0 Å². The molecule has 0 saturated carbocycles. The Labute approximate surface area is 121 Å². The van der Waals surface area contributed by atoms with Crippen molar-refractivity contribution in [1.29, 1.82) is 0 Å². The average Bonchev–Trinajstić information content (AvgIpc) is 2.56. The Bertz CT molecular complexity index is 580. The van der Waals surface area contributed by atoms with Gasteiger partial charge >= 0.3 is 0 Å². The topological polar surface area (TPSA) is 50.9 Å². The molecule has 0 aliphatic carbocycles. The van der Waals surface area contributed by atoms with Crippen LogP contribution in [0.1, 0.15) is 22.5 Å². The molecule has 0 fully saturated rings. The van der Waals surface area contributed by atoms with Crippen LogP contribution in [0.3, 0.4) is 0 Å². The van der Waals surface area contributed by atoms with E-state index in [4.69, 9.17) is 0 Å². The number of hydrogen-bond donors (Lipinski definition) is 1. The third-order valence-electron chi connectivity index (χ3n) is 3.33. The second-order valence-corrected chi connectivity index (χ2v) is 5.76. The van der Waals surface area contributed by atoms with E-state index in [1.165, 1.54) is 0 Å². The standard InChI is InChI=1S/C14H18BrN3O/c1-9-14(10(2)18(3)17-9)6-13(19)5-11-4-12(15)8-16-7-11/h4,7-8,13,19H,5-6H2,1-3H3. The molecule has 2 aromatic rings. The number of aryl methyl sites for hydroxylation is 2. The van der Waals surface area contributed by atoms with Crippen LogP contribution in [0.25, 0.3) is 0 Å². The third-order valence-corrected chi connectivity index (χ3v) is 3.77. The molecule has 102 valence electrons. The zero-order chi connectivity index (χ0) is 14.0. The average molecular weight is 324 g/mol. The first-order valence-corrected chi connectivity index (χ1v) is 7.03. The van der Waals surface area contributed by atoms with Gasteiger partial charge in [0.15, 0.2) is 0 Å². The first-order valence-electron chi connectivity index (χ1n) is 6.24. The molecule has 4 nitrogen and oxygen atoms in total. The van der Waals surface area contributed by atoms with E-state index >= 15 is 0 Å². The summed E-state index contributed by atoms with van der Waals surface area (Å²) in [5, 5.41) is 14.6. The molecule has 0 radical (unpaired) electrons. The molecule has 0 aliphatic rings. The maximum Gasteiger partial charge on any atom is 0.0629 e. The predicted molar refractivity (Wildman–Crippen MR) is 78.0 cm³/mol. The Morgan fingerprint density at radius 2 is 2.05 bits per heavy atom. The molecule has 1 atom stereocenters. The zero-order valence-electron chi connectivity index (χ0n) is 11.4. The lowest BCUT2D eigenvalue weighted by molar-refractivity contribution is 0.175. The van der Waals surface area contributed by atoms with Crippen molar-refractivity contribution in [2.75, 3.05) is 0 Å². The largest absolute Gasteiger partial charge is 0.392 e. The number of hydrogen-bond acceptors (Lipinski definition) is 3. The lowest BCUT2D eigenvalue weighted by Crippen LogP contribution is -2.15. The van der Waals surface area contributed by atoms with Crippen LogP contribution in [0.5, 0.6) is 0 Å². The molecule has 0 bridgehead atoms. The number of aliphatic hydroxyl groups excluding tert-OH is 1. The molecule has 2 heterocycles. The second kappa shape index (κ2) is 5.84. The number of nitrogens with zero attached hydrogens (tertiary/aromatic N) is 3. The normalized spacial score (nSPS) is 12.7. The number of pyridine rings is 1. The molecule has 5 heteroatoms. The first-order chi connectivity index (χ1) is 8.97. The maximum atomic E-state index is 10.2. The molecular formula is C14H18BrN3O. The van der Waals surface area contributed by atoms with Gasteiger partial charge in [-0.2, -0.15) is 5.10 Å². The van der Waals surface area contributed by atoms with Gasteiger partial charge in [-0.1, -0.05) is 0 Å². The van der Waals surface area contributed by atoms with Gasteiger partial charge in [0.1, 0.15) is 0 Å². The highest BCUT2D eigenvalue weighted by Gasteiger charge is 2.14. The fraction of sp³-hybridized carbons (Fsp3) is 0.429. The van der Waals surface area contributed by atoms with Gasteiger partial charge in [-0.15, -0.1) is 0 Å². The molecule has 2 rings (SSSR count). The van der Waals surface area contributed by atoms with Crippen LogP contribution in [-0.4, -0.2) is 26.0 Å². The summed E-state index contributed by atoms with van der Waals surface area (Å²) in [5.41, 5.74) is 4.27. The molecule has 0 spiro atoms. The van der Waals surface area contributed by atoms with Crippen molar-refractivity contribution in [1.82, 2.24) is 14.8 Å². The molecule has 19 heavy (non-hydrogen) atoms. The predicted octanol–water partition coefficient (Wildman–Crippen LogP) is 2.34. The van der Waals surface area contributed by atoms with Crippen molar-refractivity contribution in [2.45, 2.75) is 32.8 Å². The van der Waals surface area contributed by atoms with Gasteiger partial charge in [0.05, 0.1) is 11.8 Å². The minimum Gasteiger partial charge on any atom is -0.392 e. The van der Waals surface area contributed by atoms with Crippen molar-refractivity contribution < 1.29 is 5.11 Å². The van der Waals surface area contributed by atoms with Crippen LogP contribution in [0.15, 0.2) is 22.9 Å². The van der Waals surface area contributed by atoms with Gasteiger partial charge in [0, 0.05) is 42.4 Å². The Hall–Kier alpha value is -1.20. The molecule has 1 N–H and O–H groups in total. The van der Waals surface area contributed by atoms with E-state index in [-0.39, 0.29) is 0 Å². The summed E-state index contributed by atoms with van der Waals surface area (Å²) in [6.07, 6.45) is 4.33. The van der Waals surface area contributed by atoms with E-state index in [9.17, 15) is 5.11 Å². The maximum absolute atomic E-state index is 10.2. The van der Waals surface area contributed by atoms with Gasteiger partial charge in [-0.3, -0.25) is 9.67 Å². The van der Waals surface area contributed by atoms with E-state index in [1.807, 2.05) is 31.6 Å². The van der Waals surface area contributed by atoms with Crippen molar-refractivity contribution in [3.63, 3.8) is 0 Å². The lowest BCUT2D eigenvalue weighted by Gasteiger charge is -2.11. The highest BCUT2D eigenvalue weighted by Crippen LogP contribution is 2.17. The number of aliphatic hydroxyl groups is 1. The molecule has 2 aromatic heterocycles. The van der Waals surface area contributed by atoms with Crippen LogP contribution < -0.4 is 0 Å². The van der Waals surface area contributed by atoms with Gasteiger partial charge in [-0.05, 0) is 47.0 Å². The number of halogens is 1. The highest BCUT2D eigenvalue weighted by molar-refractivity contribution is 9.10. The lowest BCUT2D eigenvalue weighted by atomic mass is 10.0. The van der Waals surface area contributed by atoms with Crippen LogP contribution in [0, 0.1) is 13.8 Å². The summed E-state index contributed by atoms with van der Waals surface area (Å²) >= 11 is 3.39. The molecule has 0 aliphatic heterocycles. The number of rotatable bonds is 4. The van der Waals surface area contributed by atoms with Crippen LogP contribution >= 0.6 is 15.9 Å². The second-order valence-electron chi connectivity index (χ2n) is 4.85. The Kier molecular flexibility index (Phi) is 4.37. The van der Waals surface area contributed by atoms with Gasteiger partial charge in [-0.25, -0.2) is 0 Å². The molecule has 1 unspecified atom stereocenters. The molecule has 0 saturated heterocycles. The van der Waals surface area contributed by atoms with Crippen LogP contribution in [0.4, 0.5) is 0 Å². The molecule has 0 amide bonds. The highest BCUT2D eigenvalue weighted by atomic mass is 79.9. The van der Waals surface area contributed by atoms with E-state index in [0.717, 1.165) is 27.0 Å². The Morgan fingerprint density at radius 1 is 1.32 bits per heavy atom. The SMILES string of the molecule is Cc1nn(C)c(C)c1CC(O)Cc1cncc(Br)c1. The van der Waals surface area contributed by atoms with Gasteiger partial charge < -0.3 is 5.11 Å². The molecular weight excluding hydrogens is 306 g/mol. The summed E-state index contributed by atoms with van der Waals surface area (Å²) in [4.78, 5) is 4.11. The van der Waals surface area contributed by atoms with Crippen molar-refractivity contribution in [3.8, 4) is 0 Å². The summed E-state index contributed by atoms with van der Waals surface area (Å²) < 4.78 is 2.80. The number of aromatic nitrogens is 3. The summed E-state index contributed by atoms with van der Waals surface area (Å²) in [7, 11) is 1.93. The van der Waals surface area contributed by atoms with E-state index in [0.29, 0.717) is 12.8 Å². The summed E-state index contributed by atoms with van der Waals surface area (Å²) in [5.74, 6) is 0. The Balaban J connectivity index is 2.07. The van der Waals surface area contributed by atoms with Gasteiger partial charge in [0.2, 0.25) is 0 Å². The fourth-order valence-corrected chi connectivity index (χ4v) is 2.67. The smallest absolute Gasteiger partial charge is 0.0629 e. The molecule has 0 aromatic carbocycles. The quantitative estimate of drug-likeness (QED) is 0.939. The van der Waals surface area contributed by atoms with Crippen molar-refractivity contribution in [2.24, 2.45) is 7.05 Å². The van der Waals surface area contributed by atoms with E-state index < -0.39 is 6.10 Å². The van der Waals surface area contributed by atoms with E-state index in [1.54, 1.807) is 12.4 Å². The zero-order valence-corrected chi connectivity index (χ0v) is 13.0. The van der Waals surface area contributed by atoms with Crippen molar-refractivity contribution >= 4 is 15.9 Å². The fourth-order valence-electron chi connectivity index (χ4n) is 2.26. The van der Waals surface area contributed by atoms with Crippen molar-refractivity contribution in [3.05, 3.63) is 45.4 Å². The van der Waals surface area contributed by atoms with Crippen LogP contribution in [-0.2, 0) is 19.9 Å². The minimum atomic E-state index is -0.419. The monoisotopic (exact) mass is 323 g/mol. The summed E-state index contributed by atoms with van der Waals surface area (Å²) in [6, 6.07) is 1.99. The Morgan fingerprint density at radius 3 is 2.63 bits per heavy atom. The third kappa shape index (κ3) is 3.42. The summed E-state index contributed by atoms with van der Waals surface area (Å²) in [6.45, 7) is 4.01. The van der Waals surface area contributed by atoms with Gasteiger partial charge in [0.25, 0.3) is 0 Å². The van der Waals surface area contributed by atoms with E-state index in [2.05, 4.69) is 26.0 Å². The first kappa shape index (κ1) is 14.2. The minimum absolute atomic E-state index is 0.419.